The van der Waals surface area contributed by atoms with Crippen molar-refractivity contribution in [3.05, 3.63) is 12.2 Å². The van der Waals surface area contributed by atoms with Crippen molar-refractivity contribution in [1.82, 2.24) is 19.5 Å². The normalized spacial score (nSPS) is 28.9. The van der Waals surface area contributed by atoms with Crippen molar-refractivity contribution in [2.24, 2.45) is 0 Å². The van der Waals surface area contributed by atoms with Crippen LogP contribution in [-0.2, 0) is 4.74 Å². The number of ether oxygens (including phenoxy) is 1. The maximum atomic E-state index is 10.0. The third kappa shape index (κ3) is 2.01. The fourth-order valence-electron chi connectivity index (χ4n) is 2.30. The topological polar surface area (TPSA) is 140 Å². The number of anilines is 1. The van der Waals surface area contributed by atoms with Crippen molar-refractivity contribution in [1.29, 1.82) is 0 Å². The smallest absolute Gasteiger partial charge is 0.208 e. The molecule has 9 nitrogen and oxygen atoms in total. The molecule has 0 aromatic carbocycles. The molecule has 110 valence electrons. The van der Waals surface area contributed by atoms with Crippen LogP contribution in [0.4, 0.5) is 5.82 Å². The van der Waals surface area contributed by atoms with Gasteiger partial charge in [0, 0.05) is 0 Å². The first kappa shape index (κ1) is 13.7. The van der Waals surface area contributed by atoms with E-state index in [0.29, 0.717) is 5.52 Å². The standard InChI is InChI=1S/C12H13N5O4/c1-2-6-15-10(13)7-11(16-6)17(4-14-7)12-9(20)8(19)5(3-18)21-12/h1,4-5,8-9,12,18-20H,3H2,(H2,13,15,16)/t5?,8-,9-,12?/m1/s1. The Kier molecular flexibility index (Phi) is 3.23. The Labute approximate surface area is 119 Å². The Morgan fingerprint density at radius 2 is 2.14 bits per heavy atom. The molecule has 3 rings (SSSR count). The maximum Gasteiger partial charge on any atom is 0.208 e. The number of hydrogen-bond donors (Lipinski definition) is 4. The lowest BCUT2D eigenvalue weighted by atomic mass is 10.1. The average Bonchev–Trinajstić information content (AvgIpc) is 3.02. The molecule has 2 aromatic rings. The molecule has 0 radical (unpaired) electrons. The second-order valence-corrected chi connectivity index (χ2v) is 4.63. The van der Waals surface area contributed by atoms with Crippen molar-refractivity contribution in [2.45, 2.75) is 24.5 Å². The first-order valence-corrected chi connectivity index (χ1v) is 6.16. The summed E-state index contributed by atoms with van der Waals surface area (Å²) in [7, 11) is 0. The molecule has 3 heterocycles. The number of imidazole rings is 1. The maximum absolute atomic E-state index is 10.0. The summed E-state index contributed by atoms with van der Waals surface area (Å²) >= 11 is 0. The summed E-state index contributed by atoms with van der Waals surface area (Å²) in [6, 6.07) is 0. The molecule has 2 aromatic heterocycles. The lowest BCUT2D eigenvalue weighted by Crippen LogP contribution is -2.33. The van der Waals surface area contributed by atoms with Crippen molar-refractivity contribution < 1.29 is 20.1 Å². The van der Waals surface area contributed by atoms with Crippen molar-refractivity contribution in [2.75, 3.05) is 12.3 Å². The van der Waals surface area contributed by atoms with Gasteiger partial charge in [-0.2, -0.15) is 0 Å². The van der Waals surface area contributed by atoms with Crippen LogP contribution >= 0.6 is 0 Å². The highest BCUT2D eigenvalue weighted by Crippen LogP contribution is 2.31. The first-order valence-electron chi connectivity index (χ1n) is 6.16. The summed E-state index contributed by atoms with van der Waals surface area (Å²) in [6.45, 7) is -0.423. The van der Waals surface area contributed by atoms with Gasteiger partial charge in [0.05, 0.1) is 12.9 Å². The molecular formula is C12H13N5O4. The van der Waals surface area contributed by atoms with E-state index in [9.17, 15) is 10.2 Å². The number of aromatic nitrogens is 4. The predicted octanol–water partition coefficient (Wildman–Crippen LogP) is -2.00. The summed E-state index contributed by atoms with van der Waals surface area (Å²) < 4.78 is 6.82. The zero-order chi connectivity index (χ0) is 15.1. The molecule has 1 aliphatic rings. The highest BCUT2D eigenvalue weighted by atomic mass is 16.6. The minimum atomic E-state index is -1.25. The van der Waals surface area contributed by atoms with Gasteiger partial charge in [0.2, 0.25) is 5.82 Å². The summed E-state index contributed by atoms with van der Waals surface area (Å²) in [6.07, 6.45) is 2.30. The van der Waals surface area contributed by atoms with E-state index < -0.39 is 31.1 Å². The number of nitrogen functional groups attached to an aromatic ring is 1. The lowest BCUT2D eigenvalue weighted by molar-refractivity contribution is -0.0511. The minimum absolute atomic E-state index is 0.0773. The van der Waals surface area contributed by atoms with Crippen LogP contribution in [0.3, 0.4) is 0 Å². The Hall–Kier alpha value is -2.25. The fraction of sp³-hybridized carbons (Fsp3) is 0.417. The highest BCUT2D eigenvalue weighted by molar-refractivity contribution is 5.82. The largest absolute Gasteiger partial charge is 0.394 e. The molecule has 1 aliphatic heterocycles. The van der Waals surface area contributed by atoms with Gasteiger partial charge in [0.25, 0.3) is 0 Å². The molecule has 2 unspecified atom stereocenters. The Bertz CT molecular complexity index is 724. The molecule has 0 bridgehead atoms. The summed E-state index contributed by atoms with van der Waals surface area (Å²) in [5.41, 5.74) is 6.34. The third-order valence-electron chi connectivity index (χ3n) is 3.37. The third-order valence-corrected chi connectivity index (χ3v) is 3.37. The van der Waals surface area contributed by atoms with Crippen LogP contribution in [-0.4, -0.2) is 59.8 Å². The summed E-state index contributed by atoms with van der Waals surface area (Å²) in [5, 5.41) is 28.9. The molecular weight excluding hydrogens is 278 g/mol. The number of nitrogens with two attached hydrogens (primary N) is 1. The number of aliphatic hydroxyl groups is 3. The van der Waals surface area contributed by atoms with Crippen LogP contribution in [0.15, 0.2) is 6.33 Å². The molecule has 1 fully saturated rings. The number of fused-ring (bicyclic) bond motifs is 1. The van der Waals surface area contributed by atoms with Crippen LogP contribution in [0, 0.1) is 12.3 Å². The average molecular weight is 291 g/mol. The molecule has 0 amide bonds. The number of aliphatic hydroxyl groups excluding tert-OH is 3. The monoisotopic (exact) mass is 291 g/mol. The Balaban J connectivity index is 2.10. The zero-order valence-corrected chi connectivity index (χ0v) is 10.8. The quantitative estimate of drug-likeness (QED) is 0.466. The van der Waals surface area contributed by atoms with E-state index in [1.165, 1.54) is 10.9 Å². The molecule has 21 heavy (non-hydrogen) atoms. The van der Waals surface area contributed by atoms with E-state index in [1.807, 2.05) is 0 Å². The van der Waals surface area contributed by atoms with Crippen molar-refractivity contribution in [3.63, 3.8) is 0 Å². The van der Waals surface area contributed by atoms with E-state index in [4.69, 9.17) is 22.0 Å². The summed E-state index contributed by atoms with van der Waals surface area (Å²) in [5.74, 6) is 2.46. The SMILES string of the molecule is C#Cc1nc(N)c2ncn(C3OC(CO)[C@@H](O)[C@H]3O)c2n1. The van der Waals surface area contributed by atoms with Gasteiger partial charge in [-0.3, -0.25) is 4.57 Å². The van der Waals surface area contributed by atoms with E-state index in [2.05, 4.69) is 20.9 Å². The number of terminal acetylenes is 1. The van der Waals surface area contributed by atoms with Crippen molar-refractivity contribution in [3.8, 4) is 12.3 Å². The van der Waals surface area contributed by atoms with Crippen LogP contribution in [0.1, 0.15) is 12.1 Å². The second kappa shape index (κ2) is 4.94. The van der Waals surface area contributed by atoms with Crippen LogP contribution in [0.5, 0.6) is 0 Å². The zero-order valence-electron chi connectivity index (χ0n) is 10.8. The molecule has 9 heteroatoms. The number of nitrogens with zero attached hydrogens (tertiary/aromatic N) is 4. The van der Waals surface area contributed by atoms with Crippen LogP contribution < -0.4 is 5.73 Å². The van der Waals surface area contributed by atoms with Crippen LogP contribution in [0.2, 0.25) is 0 Å². The molecule has 0 spiro atoms. The molecule has 5 N–H and O–H groups in total. The van der Waals surface area contributed by atoms with Gasteiger partial charge >= 0.3 is 0 Å². The minimum Gasteiger partial charge on any atom is -0.394 e. The molecule has 0 saturated carbocycles. The Morgan fingerprint density at radius 3 is 2.76 bits per heavy atom. The van der Waals surface area contributed by atoms with Gasteiger partial charge in [0.1, 0.15) is 23.8 Å². The van der Waals surface area contributed by atoms with Gasteiger partial charge in [-0.25, -0.2) is 15.0 Å². The van der Waals surface area contributed by atoms with Gasteiger partial charge in [-0.1, -0.05) is 0 Å². The van der Waals surface area contributed by atoms with E-state index in [-0.39, 0.29) is 17.3 Å². The predicted molar refractivity (Wildman–Crippen MR) is 70.7 cm³/mol. The van der Waals surface area contributed by atoms with Gasteiger partial charge in [-0.05, 0) is 5.92 Å². The van der Waals surface area contributed by atoms with Gasteiger partial charge in [0.15, 0.2) is 17.7 Å². The molecule has 4 atom stereocenters. The van der Waals surface area contributed by atoms with Crippen LogP contribution in [0.25, 0.3) is 11.2 Å². The number of rotatable bonds is 2. The molecule has 1 saturated heterocycles. The second-order valence-electron chi connectivity index (χ2n) is 4.63. The van der Waals surface area contributed by atoms with Crippen molar-refractivity contribution >= 4 is 17.0 Å². The van der Waals surface area contributed by atoms with E-state index >= 15 is 0 Å². The van der Waals surface area contributed by atoms with E-state index in [0.717, 1.165) is 0 Å². The Morgan fingerprint density at radius 1 is 1.38 bits per heavy atom. The first-order chi connectivity index (χ1) is 10.1. The van der Waals surface area contributed by atoms with Gasteiger partial charge < -0.3 is 25.8 Å². The van der Waals surface area contributed by atoms with Gasteiger partial charge in [-0.15, -0.1) is 6.42 Å². The fourth-order valence-corrected chi connectivity index (χ4v) is 2.30. The van der Waals surface area contributed by atoms with E-state index in [1.54, 1.807) is 0 Å². The molecule has 0 aliphatic carbocycles. The lowest BCUT2D eigenvalue weighted by Gasteiger charge is -2.16. The highest BCUT2D eigenvalue weighted by Gasteiger charge is 2.44. The summed E-state index contributed by atoms with van der Waals surface area (Å²) in [4.78, 5) is 12.1. The number of hydrogen-bond acceptors (Lipinski definition) is 8.